The molecule has 2 saturated heterocycles. The number of benzene rings is 2. The van der Waals surface area contributed by atoms with Crippen molar-refractivity contribution in [3.8, 4) is 11.5 Å². The predicted octanol–water partition coefficient (Wildman–Crippen LogP) is 2.18. The highest BCUT2D eigenvalue weighted by molar-refractivity contribution is 6.46. The average Bonchev–Trinajstić information content (AvgIpc) is 3.19. The minimum absolute atomic E-state index is 0.00643. The third-order valence-electron chi connectivity index (χ3n) is 6.68. The number of aliphatic hydroxyl groups is 1. The molecular weight excluding hydrogens is 502 g/mol. The standard InChI is InChI=1S/C29H33N3O7/c1-3-14-38-23-9-6-21(17-19(23)2)27(34)25-26(20-4-7-22(8-5-20)39-18-24(30)33)32(29(36)28(25)35)11-10-31-12-15-37-16-13-31/h3-9,17,26,34H,1,10-16,18H2,2H3,(H2,30,33). The molecule has 4 rings (SSSR count). The van der Waals surface area contributed by atoms with E-state index in [0.29, 0.717) is 55.5 Å². The molecule has 0 radical (unpaired) electrons. The Morgan fingerprint density at radius 3 is 2.49 bits per heavy atom. The van der Waals surface area contributed by atoms with Crippen molar-refractivity contribution in [3.05, 3.63) is 77.4 Å². The van der Waals surface area contributed by atoms with Crippen molar-refractivity contribution in [2.75, 3.05) is 52.6 Å². The smallest absolute Gasteiger partial charge is 0.295 e. The van der Waals surface area contributed by atoms with E-state index < -0.39 is 23.6 Å². The summed E-state index contributed by atoms with van der Waals surface area (Å²) in [6.07, 6.45) is 1.63. The number of hydrogen-bond acceptors (Lipinski definition) is 8. The number of morpholine rings is 1. The van der Waals surface area contributed by atoms with Crippen LogP contribution in [0.4, 0.5) is 0 Å². The van der Waals surface area contributed by atoms with Crippen LogP contribution in [-0.2, 0) is 19.1 Å². The van der Waals surface area contributed by atoms with Crippen molar-refractivity contribution in [3.63, 3.8) is 0 Å². The van der Waals surface area contributed by atoms with E-state index in [-0.39, 0.29) is 17.9 Å². The van der Waals surface area contributed by atoms with E-state index in [4.69, 9.17) is 19.9 Å². The summed E-state index contributed by atoms with van der Waals surface area (Å²) in [6.45, 7) is 9.08. The molecule has 2 aromatic rings. The lowest BCUT2D eigenvalue weighted by Gasteiger charge is -2.31. The fraction of sp³-hybridized carbons (Fsp3) is 0.345. The number of hydrogen-bond donors (Lipinski definition) is 2. The number of ether oxygens (including phenoxy) is 3. The maximum Gasteiger partial charge on any atom is 0.295 e. The van der Waals surface area contributed by atoms with Gasteiger partial charge in [0.2, 0.25) is 0 Å². The second-order valence-corrected chi connectivity index (χ2v) is 9.35. The minimum Gasteiger partial charge on any atom is -0.507 e. The van der Waals surface area contributed by atoms with Crippen molar-refractivity contribution in [2.45, 2.75) is 13.0 Å². The van der Waals surface area contributed by atoms with Crippen LogP contribution in [0.2, 0.25) is 0 Å². The molecule has 2 aromatic carbocycles. The average molecular weight is 536 g/mol. The summed E-state index contributed by atoms with van der Waals surface area (Å²) in [4.78, 5) is 41.4. The highest BCUT2D eigenvalue weighted by Crippen LogP contribution is 2.40. The minimum atomic E-state index is -0.812. The Bertz CT molecular complexity index is 1270. The van der Waals surface area contributed by atoms with Crippen LogP contribution in [0.5, 0.6) is 11.5 Å². The van der Waals surface area contributed by atoms with Crippen molar-refractivity contribution >= 4 is 23.4 Å². The maximum atomic E-state index is 13.3. The molecule has 2 aliphatic rings. The van der Waals surface area contributed by atoms with Gasteiger partial charge in [-0.2, -0.15) is 0 Å². The van der Waals surface area contributed by atoms with Crippen LogP contribution in [0.1, 0.15) is 22.7 Å². The summed E-state index contributed by atoms with van der Waals surface area (Å²) in [6, 6.07) is 11.0. The first kappa shape index (κ1) is 27.9. The number of nitrogens with two attached hydrogens (primary N) is 1. The Hall–Kier alpha value is -4.15. The fourth-order valence-electron chi connectivity index (χ4n) is 4.69. The van der Waals surface area contributed by atoms with Crippen LogP contribution in [-0.4, -0.2) is 85.1 Å². The lowest BCUT2D eigenvalue weighted by Crippen LogP contribution is -2.42. The zero-order valence-corrected chi connectivity index (χ0v) is 21.9. The van der Waals surface area contributed by atoms with Gasteiger partial charge in [-0.05, 0) is 48.4 Å². The van der Waals surface area contributed by atoms with Gasteiger partial charge < -0.3 is 30.0 Å². The lowest BCUT2D eigenvalue weighted by atomic mass is 9.94. The van der Waals surface area contributed by atoms with E-state index in [1.165, 1.54) is 4.90 Å². The Morgan fingerprint density at radius 2 is 1.85 bits per heavy atom. The highest BCUT2D eigenvalue weighted by atomic mass is 16.5. The fourth-order valence-corrected chi connectivity index (χ4v) is 4.69. The number of aryl methyl sites for hydroxylation is 1. The summed E-state index contributed by atoms with van der Waals surface area (Å²) in [5.74, 6) is -1.26. The molecule has 10 nitrogen and oxygen atoms in total. The molecule has 2 heterocycles. The molecule has 10 heteroatoms. The van der Waals surface area contributed by atoms with Crippen LogP contribution in [0.3, 0.4) is 0 Å². The summed E-state index contributed by atoms with van der Waals surface area (Å²) in [5, 5.41) is 11.4. The first-order valence-corrected chi connectivity index (χ1v) is 12.7. The number of likely N-dealkylation sites (tertiary alicyclic amines) is 1. The van der Waals surface area contributed by atoms with E-state index in [1.54, 1.807) is 48.5 Å². The largest absolute Gasteiger partial charge is 0.507 e. The second-order valence-electron chi connectivity index (χ2n) is 9.35. The number of rotatable bonds is 11. The summed E-state index contributed by atoms with van der Waals surface area (Å²) < 4.78 is 16.4. The molecule has 2 amide bonds. The normalized spacial score (nSPS) is 19.2. The molecule has 39 heavy (non-hydrogen) atoms. The van der Waals surface area contributed by atoms with E-state index >= 15 is 0 Å². The molecule has 3 N–H and O–H groups in total. The van der Waals surface area contributed by atoms with Crippen LogP contribution in [0.25, 0.3) is 5.76 Å². The molecule has 0 bridgehead atoms. The van der Waals surface area contributed by atoms with Crippen LogP contribution < -0.4 is 15.2 Å². The number of nitrogens with zero attached hydrogens (tertiary/aromatic N) is 2. The van der Waals surface area contributed by atoms with E-state index in [0.717, 1.165) is 18.7 Å². The van der Waals surface area contributed by atoms with Gasteiger partial charge in [0.1, 0.15) is 23.9 Å². The molecule has 0 saturated carbocycles. The van der Waals surface area contributed by atoms with Gasteiger partial charge in [0, 0.05) is 31.7 Å². The SMILES string of the molecule is C=CCOc1ccc(C(O)=C2C(=O)C(=O)N(CCN3CCOCC3)C2c2ccc(OCC(N)=O)cc2)cc1C. The molecule has 1 atom stereocenters. The molecule has 206 valence electrons. The van der Waals surface area contributed by atoms with Crippen molar-refractivity contribution in [1.82, 2.24) is 9.80 Å². The van der Waals surface area contributed by atoms with Crippen LogP contribution >= 0.6 is 0 Å². The zero-order chi connectivity index (χ0) is 27.9. The van der Waals surface area contributed by atoms with E-state index in [2.05, 4.69) is 11.5 Å². The van der Waals surface area contributed by atoms with Gasteiger partial charge in [-0.15, -0.1) is 0 Å². The summed E-state index contributed by atoms with van der Waals surface area (Å²) >= 11 is 0. The third-order valence-corrected chi connectivity index (χ3v) is 6.68. The molecule has 0 aliphatic carbocycles. The lowest BCUT2D eigenvalue weighted by molar-refractivity contribution is -0.140. The molecule has 2 aliphatic heterocycles. The van der Waals surface area contributed by atoms with Crippen molar-refractivity contribution in [2.24, 2.45) is 5.73 Å². The van der Waals surface area contributed by atoms with Crippen molar-refractivity contribution in [1.29, 1.82) is 0 Å². The van der Waals surface area contributed by atoms with Gasteiger partial charge in [0.05, 0.1) is 24.8 Å². The topological polar surface area (TPSA) is 132 Å². The van der Waals surface area contributed by atoms with Crippen LogP contribution in [0, 0.1) is 6.92 Å². The number of ketones is 1. The molecular formula is C29H33N3O7. The van der Waals surface area contributed by atoms with E-state index in [1.807, 2.05) is 6.92 Å². The molecule has 1 unspecified atom stereocenters. The Kier molecular flexibility index (Phi) is 9.00. The van der Waals surface area contributed by atoms with Gasteiger partial charge in [0.15, 0.2) is 6.61 Å². The first-order chi connectivity index (χ1) is 18.8. The van der Waals surface area contributed by atoms with E-state index in [9.17, 15) is 19.5 Å². The van der Waals surface area contributed by atoms with Gasteiger partial charge in [-0.25, -0.2) is 0 Å². The monoisotopic (exact) mass is 535 g/mol. The zero-order valence-electron chi connectivity index (χ0n) is 21.9. The number of primary amides is 1. The summed E-state index contributed by atoms with van der Waals surface area (Å²) in [7, 11) is 0. The number of Topliss-reactive ketones (excluding diaryl/α,β-unsaturated/α-hetero) is 1. The first-order valence-electron chi connectivity index (χ1n) is 12.7. The Balaban J connectivity index is 1.70. The Morgan fingerprint density at radius 1 is 1.13 bits per heavy atom. The quantitative estimate of drug-likeness (QED) is 0.194. The highest BCUT2D eigenvalue weighted by Gasteiger charge is 2.46. The van der Waals surface area contributed by atoms with Gasteiger partial charge in [-0.3, -0.25) is 19.3 Å². The third kappa shape index (κ3) is 6.47. The van der Waals surface area contributed by atoms with Gasteiger partial charge in [-0.1, -0.05) is 24.8 Å². The number of carbonyl (C=O) groups excluding carboxylic acids is 3. The second kappa shape index (κ2) is 12.6. The number of carbonyl (C=O) groups is 3. The molecule has 0 spiro atoms. The van der Waals surface area contributed by atoms with Crippen LogP contribution in [0.15, 0.2) is 60.7 Å². The maximum absolute atomic E-state index is 13.3. The summed E-state index contributed by atoms with van der Waals surface area (Å²) in [5.41, 5.74) is 6.94. The van der Waals surface area contributed by atoms with Crippen molar-refractivity contribution < 1.29 is 33.7 Å². The number of amides is 2. The number of aliphatic hydroxyl groups excluding tert-OH is 1. The Labute approximate surface area is 227 Å². The van der Waals surface area contributed by atoms with Gasteiger partial charge >= 0.3 is 0 Å². The molecule has 2 fully saturated rings. The predicted molar refractivity (Wildman–Crippen MR) is 144 cm³/mol. The molecule has 0 aromatic heterocycles. The van der Waals surface area contributed by atoms with Gasteiger partial charge in [0.25, 0.3) is 17.6 Å².